The van der Waals surface area contributed by atoms with Crippen LogP contribution in [-0.2, 0) is 6.54 Å². The lowest BCUT2D eigenvalue weighted by Crippen LogP contribution is -2.33. The molecule has 0 saturated carbocycles. The smallest absolute Gasteiger partial charge is 0.118 e. The third-order valence-corrected chi connectivity index (χ3v) is 4.14. The van der Waals surface area contributed by atoms with Crippen LogP contribution >= 0.6 is 24.8 Å². The summed E-state index contributed by atoms with van der Waals surface area (Å²) in [4.78, 5) is 2.57. The van der Waals surface area contributed by atoms with E-state index in [4.69, 9.17) is 4.42 Å². The van der Waals surface area contributed by atoms with Gasteiger partial charge in [-0.2, -0.15) is 0 Å². The van der Waals surface area contributed by atoms with Crippen LogP contribution in [0.4, 0.5) is 0 Å². The van der Waals surface area contributed by atoms with Gasteiger partial charge in [0.15, 0.2) is 0 Å². The van der Waals surface area contributed by atoms with Crippen LogP contribution in [0.3, 0.4) is 0 Å². The van der Waals surface area contributed by atoms with Gasteiger partial charge in [-0.25, -0.2) is 0 Å². The zero-order valence-electron chi connectivity index (χ0n) is 10.9. The highest BCUT2D eigenvalue weighted by molar-refractivity contribution is 5.85. The van der Waals surface area contributed by atoms with Gasteiger partial charge in [0.05, 0.1) is 6.54 Å². The van der Waals surface area contributed by atoms with Crippen molar-refractivity contribution in [3.63, 3.8) is 0 Å². The van der Waals surface area contributed by atoms with Gasteiger partial charge in [-0.3, -0.25) is 4.90 Å². The Bertz CT molecular complexity index is 375. The lowest BCUT2D eigenvalue weighted by atomic mass is 10.1. The van der Waals surface area contributed by atoms with E-state index in [1.807, 2.05) is 6.92 Å². The van der Waals surface area contributed by atoms with Crippen LogP contribution in [0.5, 0.6) is 0 Å². The number of halogens is 2. The number of furan rings is 1. The molecular formula is C13H22Cl2N2O. The Morgan fingerprint density at radius 1 is 1.33 bits per heavy atom. The van der Waals surface area contributed by atoms with Gasteiger partial charge in [0.2, 0.25) is 0 Å². The molecule has 2 aliphatic heterocycles. The number of rotatable bonds is 2. The second-order valence-corrected chi connectivity index (χ2v) is 5.20. The summed E-state index contributed by atoms with van der Waals surface area (Å²) in [6.07, 6.45) is 1.34. The van der Waals surface area contributed by atoms with Gasteiger partial charge in [-0.1, -0.05) is 0 Å². The summed E-state index contributed by atoms with van der Waals surface area (Å²) in [7, 11) is 0. The average Bonchev–Trinajstić information content (AvgIpc) is 2.88. The SMILES string of the molecule is Cc1cc(CN2CC[C@H]3CNC[C@H]32)oc1C.Cl.Cl. The molecule has 5 heteroatoms. The molecule has 1 aromatic rings. The zero-order valence-corrected chi connectivity index (χ0v) is 12.6. The van der Waals surface area contributed by atoms with Gasteiger partial charge in [0.1, 0.15) is 11.5 Å². The molecule has 0 aliphatic carbocycles. The van der Waals surface area contributed by atoms with E-state index >= 15 is 0 Å². The first-order chi connectivity index (χ1) is 7.74. The van der Waals surface area contributed by atoms with Gasteiger partial charge in [-0.15, -0.1) is 24.8 Å². The predicted molar refractivity (Wildman–Crippen MR) is 77.9 cm³/mol. The second kappa shape index (κ2) is 6.29. The molecule has 0 spiro atoms. The zero-order chi connectivity index (χ0) is 11.1. The molecule has 2 saturated heterocycles. The van der Waals surface area contributed by atoms with Crippen molar-refractivity contribution in [2.24, 2.45) is 5.92 Å². The summed E-state index contributed by atoms with van der Waals surface area (Å²) >= 11 is 0. The van der Waals surface area contributed by atoms with Crippen LogP contribution < -0.4 is 5.32 Å². The Kier molecular flexibility index (Phi) is 5.53. The minimum absolute atomic E-state index is 0. The average molecular weight is 293 g/mol. The fourth-order valence-electron chi connectivity index (χ4n) is 3.06. The van der Waals surface area contributed by atoms with Gasteiger partial charge >= 0.3 is 0 Å². The molecular weight excluding hydrogens is 271 g/mol. The van der Waals surface area contributed by atoms with Crippen LogP contribution in [0.25, 0.3) is 0 Å². The van der Waals surface area contributed by atoms with E-state index in [0.717, 1.165) is 36.6 Å². The summed E-state index contributed by atoms with van der Waals surface area (Å²) in [5, 5.41) is 3.48. The van der Waals surface area contributed by atoms with Crippen LogP contribution in [0.15, 0.2) is 10.5 Å². The monoisotopic (exact) mass is 292 g/mol. The molecule has 0 bridgehead atoms. The Labute approximate surface area is 121 Å². The van der Waals surface area contributed by atoms with Crippen molar-refractivity contribution in [2.45, 2.75) is 32.9 Å². The predicted octanol–water partition coefficient (Wildman–Crippen LogP) is 2.53. The van der Waals surface area contributed by atoms with Crippen molar-refractivity contribution in [1.82, 2.24) is 10.2 Å². The Hall–Kier alpha value is -0.220. The van der Waals surface area contributed by atoms with Crippen molar-refractivity contribution in [3.8, 4) is 0 Å². The van der Waals surface area contributed by atoms with E-state index in [1.54, 1.807) is 0 Å². The van der Waals surface area contributed by atoms with Crippen molar-refractivity contribution < 1.29 is 4.42 Å². The summed E-state index contributed by atoms with van der Waals surface area (Å²) < 4.78 is 5.76. The molecule has 2 aliphatic rings. The lowest BCUT2D eigenvalue weighted by Gasteiger charge is -2.21. The van der Waals surface area contributed by atoms with E-state index in [0.29, 0.717) is 0 Å². The van der Waals surface area contributed by atoms with Crippen molar-refractivity contribution in [1.29, 1.82) is 0 Å². The van der Waals surface area contributed by atoms with Gasteiger partial charge < -0.3 is 9.73 Å². The largest absolute Gasteiger partial charge is 0.465 e. The van der Waals surface area contributed by atoms with E-state index in [2.05, 4.69) is 23.2 Å². The summed E-state index contributed by atoms with van der Waals surface area (Å²) in [6.45, 7) is 8.74. The highest BCUT2D eigenvalue weighted by atomic mass is 35.5. The fraction of sp³-hybridized carbons (Fsp3) is 0.692. The van der Waals surface area contributed by atoms with E-state index in [1.165, 1.54) is 25.1 Å². The maximum Gasteiger partial charge on any atom is 0.118 e. The van der Waals surface area contributed by atoms with Gasteiger partial charge in [-0.05, 0) is 50.9 Å². The Morgan fingerprint density at radius 2 is 2.11 bits per heavy atom. The van der Waals surface area contributed by atoms with E-state index < -0.39 is 0 Å². The second-order valence-electron chi connectivity index (χ2n) is 5.20. The molecule has 18 heavy (non-hydrogen) atoms. The number of aryl methyl sites for hydroxylation is 2. The van der Waals surface area contributed by atoms with Crippen molar-refractivity contribution in [2.75, 3.05) is 19.6 Å². The Balaban J connectivity index is 0.000000810. The lowest BCUT2D eigenvalue weighted by molar-refractivity contribution is 0.223. The maximum atomic E-state index is 5.76. The maximum absolute atomic E-state index is 5.76. The fourth-order valence-corrected chi connectivity index (χ4v) is 3.06. The molecule has 0 aromatic carbocycles. The van der Waals surface area contributed by atoms with Crippen LogP contribution in [-0.4, -0.2) is 30.6 Å². The quantitative estimate of drug-likeness (QED) is 0.908. The summed E-state index contributed by atoms with van der Waals surface area (Å²) in [5.41, 5.74) is 1.27. The molecule has 0 unspecified atom stereocenters. The molecule has 1 N–H and O–H groups in total. The molecule has 1 aromatic heterocycles. The first-order valence-corrected chi connectivity index (χ1v) is 6.24. The van der Waals surface area contributed by atoms with Crippen LogP contribution in [0, 0.1) is 19.8 Å². The summed E-state index contributed by atoms with van der Waals surface area (Å²) in [5.74, 6) is 3.06. The number of fused-ring (bicyclic) bond motifs is 1. The molecule has 0 amide bonds. The molecule has 3 rings (SSSR count). The van der Waals surface area contributed by atoms with Crippen molar-refractivity contribution in [3.05, 3.63) is 23.2 Å². The number of hydrogen-bond donors (Lipinski definition) is 1. The molecule has 2 fully saturated rings. The molecule has 3 nitrogen and oxygen atoms in total. The van der Waals surface area contributed by atoms with Crippen LogP contribution in [0.1, 0.15) is 23.5 Å². The molecule has 3 heterocycles. The summed E-state index contributed by atoms with van der Waals surface area (Å²) in [6, 6.07) is 2.93. The molecule has 0 radical (unpaired) electrons. The highest BCUT2D eigenvalue weighted by Crippen LogP contribution is 2.29. The minimum Gasteiger partial charge on any atom is -0.465 e. The number of likely N-dealkylation sites (tertiary alicyclic amines) is 1. The molecule has 2 atom stereocenters. The normalized spacial score (nSPS) is 26.6. The van der Waals surface area contributed by atoms with Crippen molar-refractivity contribution >= 4 is 24.8 Å². The number of nitrogens with zero attached hydrogens (tertiary/aromatic N) is 1. The third-order valence-electron chi connectivity index (χ3n) is 4.14. The van der Waals surface area contributed by atoms with Gasteiger partial charge in [0, 0.05) is 12.6 Å². The first-order valence-electron chi connectivity index (χ1n) is 6.24. The number of hydrogen-bond acceptors (Lipinski definition) is 3. The number of nitrogens with one attached hydrogen (secondary N) is 1. The minimum atomic E-state index is 0. The van der Waals surface area contributed by atoms with Gasteiger partial charge in [0.25, 0.3) is 0 Å². The standard InChI is InChI=1S/C13H20N2O.2ClH/c1-9-5-12(16-10(9)2)8-15-4-3-11-6-14-7-13(11)15;;/h5,11,13-14H,3-4,6-8H2,1-2H3;2*1H/t11-,13+;;/m0../s1. The van der Waals surface area contributed by atoms with Crippen LogP contribution in [0.2, 0.25) is 0 Å². The first kappa shape index (κ1) is 15.8. The molecule has 104 valence electrons. The topological polar surface area (TPSA) is 28.4 Å². The third kappa shape index (κ3) is 2.85. The van der Waals surface area contributed by atoms with E-state index in [-0.39, 0.29) is 24.8 Å². The van der Waals surface area contributed by atoms with E-state index in [9.17, 15) is 0 Å². The Morgan fingerprint density at radius 3 is 2.78 bits per heavy atom. The highest BCUT2D eigenvalue weighted by Gasteiger charge is 2.37.